The van der Waals surface area contributed by atoms with Crippen molar-refractivity contribution in [3.05, 3.63) is 193 Å². The highest BCUT2D eigenvalue weighted by molar-refractivity contribution is 7.89. The van der Waals surface area contributed by atoms with Crippen LogP contribution in [-0.4, -0.2) is 78.3 Å². The van der Waals surface area contributed by atoms with Gasteiger partial charge in [0.2, 0.25) is 11.8 Å². The van der Waals surface area contributed by atoms with E-state index in [2.05, 4.69) is 202 Å². The van der Waals surface area contributed by atoms with E-state index in [0.29, 0.717) is 18.7 Å². The fourth-order valence-electron chi connectivity index (χ4n) is 5.76. The molecule has 2 amide bonds. The summed E-state index contributed by atoms with van der Waals surface area (Å²) in [6.07, 6.45) is 2.63. The Bertz CT molecular complexity index is 3280. The van der Waals surface area contributed by atoms with Crippen molar-refractivity contribution < 1.29 is 18.0 Å². The number of β-lactam (4-membered cyclic amide) rings is 2. The van der Waals surface area contributed by atoms with Crippen LogP contribution in [0, 0.1) is 19.8 Å². The first kappa shape index (κ1) is 49.8. The van der Waals surface area contributed by atoms with Crippen molar-refractivity contribution in [1.29, 1.82) is 0 Å². The largest absolute Gasteiger partial charge is 0.359 e. The molecular formula is C49H41N11O4SSi. The molecule has 15 nitrogen and oxygen atoms in total. The number of amides is 2. The number of pyridine rings is 1. The SMILES string of the molecule is C=C=C=C=C=C=C=C=C=C=C=C=C=C=C=C=C=C=C=C=C.CC(C)(C)[Si](C)(C)N1C(=O)C[C@H]1c1nn[nH]n1.Cc1ccc(S(=O)(=O)n2nnnc2[C@H]2NC(=O)[C@@H]2Cc2ccnc(C)c2)cc1. The minimum Gasteiger partial charge on any atom is -0.359 e. The summed E-state index contributed by atoms with van der Waals surface area (Å²) >= 11 is 0. The molecule has 0 saturated carbocycles. The molecule has 66 heavy (non-hydrogen) atoms. The molecule has 2 N–H and O–H groups in total. The van der Waals surface area contributed by atoms with Crippen LogP contribution in [0.15, 0.2) is 170 Å². The summed E-state index contributed by atoms with van der Waals surface area (Å²) < 4.78 is 28.7. The minimum atomic E-state index is -3.97. The summed E-state index contributed by atoms with van der Waals surface area (Å²) in [4.78, 5) is 28.3. The maximum absolute atomic E-state index is 13.0. The lowest BCUT2D eigenvalue weighted by Crippen LogP contribution is -2.64. The Morgan fingerprint density at radius 2 is 1.32 bits per heavy atom. The van der Waals surface area contributed by atoms with E-state index in [1.807, 2.05) is 30.5 Å². The lowest BCUT2D eigenvalue weighted by Gasteiger charge is -2.53. The average molecular weight is 908 g/mol. The summed E-state index contributed by atoms with van der Waals surface area (Å²) in [6, 6.07) is 9.58. The van der Waals surface area contributed by atoms with Crippen LogP contribution in [0.2, 0.25) is 18.1 Å². The number of aromatic amines is 1. The first-order valence-corrected chi connectivity index (χ1v) is 24.1. The second kappa shape index (κ2) is 23.6. The molecule has 3 atom stereocenters. The second-order valence-corrected chi connectivity index (χ2v) is 22.2. The van der Waals surface area contributed by atoms with Gasteiger partial charge in [-0.25, -0.2) is 0 Å². The third-order valence-corrected chi connectivity index (χ3v) is 17.0. The van der Waals surface area contributed by atoms with E-state index in [0.717, 1.165) is 20.9 Å². The molecule has 0 radical (unpaired) electrons. The fraction of sp³-hybridized carbons (Fsp3) is 0.265. The average Bonchev–Trinajstić information content (AvgIpc) is 3.99. The molecule has 0 spiro atoms. The van der Waals surface area contributed by atoms with E-state index in [9.17, 15) is 18.0 Å². The first-order valence-electron chi connectivity index (χ1n) is 19.7. The predicted molar refractivity (Wildman–Crippen MR) is 242 cm³/mol. The smallest absolute Gasteiger partial charge is 0.286 e. The van der Waals surface area contributed by atoms with Gasteiger partial charge in [0.25, 0.3) is 10.0 Å². The van der Waals surface area contributed by atoms with Crippen molar-refractivity contribution in [2.24, 2.45) is 5.92 Å². The molecule has 2 aliphatic heterocycles. The normalized spacial score (nSPS) is 14.9. The highest BCUT2D eigenvalue weighted by atomic mass is 32.2. The van der Waals surface area contributed by atoms with Crippen LogP contribution in [-0.2, 0) is 26.0 Å². The summed E-state index contributed by atoms with van der Waals surface area (Å²) in [5, 5.41) is 28.0. The lowest BCUT2D eigenvalue weighted by atomic mass is 9.84. The van der Waals surface area contributed by atoms with Crippen LogP contribution in [0.25, 0.3) is 0 Å². The molecule has 17 heteroatoms. The van der Waals surface area contributed by atoms with Crippen LogP contribution in [0.1, 0.15) is 67.7 Å². The zero-order chi connectivity index (χ0) is 48.2. The molecule has 6 rings (SSSR count). The molecule has 0 bridgehead atoms. The molecule has 4 aromatic rings. The third kappa shape index (κ3) is 13.6. The third-order valence-electron chi connectivity index (χ3n) is 9.97. The number of nitrogens with zero attached hydrogens (tertiary/aromatic N) is 9. The maximum atomic E-state index is 13.0. The van der Waals surface area contributed by atoms with Gasteiger partial charge < -0.3 is 9.88 Å². The Balaban J connectivity index is 0.000000225. The number of hydrogen-bond acceptors (Lipinski definition) is 11. The van der Waals surface area contributed by atoms with Gasteiger partial charge in [-0.1, -0.05) is 68.2 Å². The molecule has 326 valence electrons. The number of aryl methyl sites for hydroxylation is 2. The number of aromatic nitrogens is 9. The summed E-state index contributed by atoms with van der Waals surface area (Å²) in [7, 11) is -5.81. The van der Waals surface area contributed by atoms with E-state index < -0.39 is 30.2 Å². The number of tetrazole rings is 2. The number of carbonyl (C=O) groups excluding carboxylic acids is 2. The lowest BCUT2D eigenvalue weighted by molar-refractivity contribution is -0.139. The first-order chi connectivity index (χ1) is 31.5. The van der Waals surface area contributed by atoms with Crippen LogP contribution in [0.4, 0.5) is 0 Å². The van der Waals surface area contributed by atoms with Crippen LogP contribution >= 0.6 is 0 Å². The van der Waals surface area contributed by atoms with Gasteiger partial charge in [-0.05, 0) is 170 Å². The Hall–Kier alpha value is -8.82. The van der Waals surface area contributed by atoms with Crippen molar-refractivity contribution in [2.75, 3.05) is 0 Å². The highest BCUT2D eigenvalue weighted by Gasteiger charge is 2.53. The van der Waals surface area contributed by atoms with Crippen LogP contribution in [0.3, 0.4) is 0 Å². The molecule has 1 aromatic carbocycles. The van der Waals surface area contributed by atoms with E-state index >= 15 is 0 Å². The van der Waals surface area contributed by atoms with Gasteiger partial charge in [0, 0.05) is 17.6 Å². The second-order valence-electron chi connectivity index (χ2n) is 15.3. The summed E-state index contributed by atoms with van der Waals surface area (Å²) in [5.41, 5.74) is 49.6. The van der Waals surface area contributed by atoms with Crippen LogP contribution < -0.4 is 5.32 Å². The van der Waals surface area contributed by atoms with Gasteiger partial charge in [0.15, 0.2) is 19.9 Å². The van der Waals surface area contributed by atoms with E-state index in [1.165, 1.54) is 12.1 Å². The number of carbonyl (C=O) groups is 2. The number of H-pyrrole nitrogens is 1. The monoisotopic (exact) mass is 907 g/mol. The van der Waals surface area contributed by atoms with Crippen molar-refractivity contribution in [1.82, 2.24) is 55.1 Å². The van der Waals surface area contributed by atoms with Gasteiger partial charge >= 0.3 is 0 Å². The van der Waals surface area contributed by atoms with Gasteiger partial charge in [0.05, 0.1) is 23.3 Å². The van der Waals surface area contributed by atoms with E-state index in [-0.39, 0.29) is 33.6 Å². The number of rotatable bonds is 7. The molecule has 5 heterocycles. The van der Waals surface area contributed by atoms with Gasteiger partial charge in [-0.2, -0.15) is 13.6 Å². The standard InChI is InChI=1S/C21H4.C18H18N6O3S.C10H19N5OSi/c1-3-5-7-9-11-13-15-17-19-21-20-18-16-14-12-10-8-6-4-2;1-11-3-5-14(6-4-11)28(26,27)24-17(21-22-23-24)16-15(18(25)20-16)10-13-7-8-19-12(2)9-13;1-10(2,3)17(4,5)15-7(6-8(15)16)9-11-13-14-12-9/h1-2H2;3-9,15-16H,10H2,1-2H3,(H,20,25);7H,6H2,1-5H3,(H,11,12,13,14)/t;15-,16+;7-/m.10/s1. The summed E-state index contributed by atoms with van der Waals surface area (Å²) in [5.74, 6) is 0.318. The fourth-order valence-corrected chi connectivity index (χ4v) is 9.39. The molecule has 2 aliphatic rings. The van der Waals surface area contributed by atoms with Gasteiger partial charge in [-0.3, -0.25) is 14.6 Å². The predicted octanol–water partition coefficient (Wildman–Crippen LogP) is 6.18. The van der Waals surface area contributed by atoms with Crippen molar-refractivity contribution >= 4 is 30.1 Å². The molecule has 0 aliphatic carbocycles. The Kier molecular flexibility index (Phi) is 17.8. The van der Waals surface area contributed by atoms with Crippen LogP contribution in [0.5, 0.6) is 0 Å². The Morgan fingerprint density at radius 1 is 0.788 bits per heavy atom. The molecule has 2 fully saturated rings. The van der Waals surface area contributed by atoms with Crippen molar-refractivity contribution in [3.8, 4) is 0 Å². The van der Waals surface area contributed by atoms with E-state index in [4.69, 9.17) is 0 Å². The molecule has 3 aromatic heterocycles. The maximum Gasteiger partial charge on any atom is 0.286 e. The molecule has 2 saturated heterocycles. The zero-order valence-corrected chi connectivity index (χ0v) is 39.0. The van der Waals surface area contributed by atoms with E-state index in [1.54, 1.807) is 18.3 Å². The van der Waals surface area contributed by atoms with Crippen molar-refractivity contribution in [3.63, 3.8) is 0 Å². The van der Waals surface area contributed by atoms with Gasteiger partial charge in [-0.15, -0.1) is 19.4 Å². The number of benzene rings is 1. The van der Waals surface area contributed by atoms with Gasteiger partial charge in [0.1, 0.15) is 6.04 Å². The summed E-state index contributed by atoms with van der Waals surface area (Å²) in [6.45, 7) is 21.4. The highest BCUT2D eigenvalue weighted by Crippen LogP contribution is 2.47. The number of nitrogens with one attached hydrogen (secondary N) is 2. The quantitative estimate of drug-likeness (QED) is 0.122. The Morgan fingerprint density at radius 3 is 1.76 bits per heavy atom. The minimum absolute atomic E-state index is 0.0159. The van der Waals surface area contributed by atoms with Crippen molar-refractivity contribution in [2.45, 2.75) is 82.6 Å². The zero-order valence-electron chi connectivity index (χ0n) is 37.2. The number of hydrogen-bond donors (Lipinski definition) is 2. The Labute approximate surface area is 383 Å². The molecule has 0 unspecified atom stereocenters. The molecular weight excluding hydrogens is 867 g/mol. The topological polar surface area (TPSA) is 194 Å².